The molecule has 34 heavy (non-hydrogen) atoms. The highest BCUT2D eigenvalue weighted by Crippen LogP contribution is 2.28. The van der Waals surface area contributed by atoms with E-state index in [0.717, 1.165) is 25.2 Å². The first-order valence-corrected chi connectivity index (χ1v) is 12.9. The van der Waals surface area contributed by atoms with Crippen molar-refractivity contribution in [1.82, 2.24) is 20.3 Å². The number of sulfone groups is 1. The van der Waals surface area contributed by atoms with Gasteiger partial charge in [0.25, 0.3) is 5.89 Å². The van der Waals surface area contributed by atoms with Crippen LogP contribution >= 0.6 is 0 Å². The topological polar surface area (TPSA) is 124 Å². The van der Waals surface area contributed by atoms with Crippen molar-refractivity contribution in [3.63, 3.8) is 0 Å². The largest absolute Gasteiger partial charge is 0.365 e. The lowest BCUT2D eigenvalue weighted by Crippen LogP contribution is -2.37. The van der Waals surface area contributed by atoms with Gasteiger partial charge in [-0.1, -0.05) is 31.1 Å². The maximum atomic E-state index is 14.2. The van der Waals surface area contributed by atoms with Gasteiger partial charge in [0.15, 0.2) is 15.7 Å². The Morgan fingerprint density at radius 3 is 2.44 bits per heavy atom. The molecule has 1 fully saturated rings. The van der Waals surface area contributed by atoms with E-state index in [1.54, 1.807) is 0 Å². The first kappa shape index (κ1) is 24.3. The van der Waals surface area contributed by atoms with E-state index < -0.39 is 21.8 Å². The molecule has 0 bridgehead atoms. The van der Waals surface area contributed by atoms with Crippen molar-refractivity contribution < 1.29 is 26.6 Å². The molecule has 10 nitrogen and oxygen atoms in total. The van der Waals surface area contributed by atoms with Crippen LogP contribution in [-0.4, -0.2) is 54.1 Å². The van der Waals surface area contributed by atoms with Crippen LogP contribution in [0.3, 0.4) is 0 Å². The van der Waals surface area contributed by atoms with Gasteiger partial charge >= 0.3 is 6.01 Å². The fraction of sp³-hybridized carbons (Fsp3) is 0.545. The van der Waals surface area contributed by atoms with E-state index in [9.17, 15) is 12.8 Å². The molecule has 12 heteroatoms. The zero-order valence-corrected chi connectivity index (χ0v) is 20.6. The third-order valence-corrected chi connectivity index (χ3v) is 6.70. The van der Waals surface area contributed by atoms with E-state index >= 15 is 0 Å². The molecule has 4 rings (SSSR count). The maximum absolute atomic E-state index is 14.2. The summed E-state index contributed by atoms with van der Waals surface area (Å²) in [6.07, 6.45) is 1.99. The number of hydrogen-bond acceptors (Lipinski definition) is 10. The molecule has 2 aromatic heterocycles. The number of piperidine rings is 1. The number of benzene rings is 1. The molecule has 1 aromatic carbocycles. The van der Waals surface area contributed by atoms with E-state index in [4.69, 9.17) is 13.8 Å². The summed E-state index contributed by atoms with van der Waals surface area (Å²) in [6.45, 7) is 9.34. The molecule has 0 amide bonds. The summed E-state index contributed by atoms with van der Waals surface area (Å²) in [7, 11) is -3.66. The van der Waals surface area contributed by atoms with Gasteiger partial charge in [0.05, 0.1) is 6.10 Å². The van der Waals surface area contributed by atoms with Gasteiger partial charge in [-0.05, 0) is 38.0 Å². The van der Waals surface area contributed by atoms with Crippen LogP contribution in [-0.2, 0) is 20.0 Å². The molecule has 0 spiro atoms. The Morgan fingerprint density at radius 1 is 1.15 bits per heavy atom. The van der Waals surface area contributed by atoms with Crippen LogP contribution in [0.25, 0.3) is 11.4 Å². The van der Waals surface area contributed by atoms with Gasteiger partial charge < -0.3 is 18.7 Å². The summed E-state index contributed by atoms with van der Waals surface area (Å²) in [5.41, 5.74) is 0.137. The highest BCUT2D eigenvalue weighted by Gasteiger charge is 2.28. The SMILES string of the molecule is CC(OC1CCN(c2nc(C(C)(C)C)no2)CC1)c1nc(-c2ccc(S(C)(=O)=O)c(F)c2)no1. The molecule has 0 radical (unpaired) electrons. The molecule has 1 aliphatic rings. The predicted octanol–water partition coefficient (Wildman–Crippen LogP) is 3.71. The zero-order valence-electron chi connectivity index (χ0n) is 19.8. The van der Waals surface area contributed by atoms with E-state index in [1.165, 1.54) is 12.1 Å². The van der Waals surface area contributed by atoms with Crippen molar-refractivity contribution in [3.05, 3.63) is 35.7 Å². The van der Waals surface area contributed by atoms with Crippen molar-refractivity contribution in [1.29, 1.82) is 0 Å². The molecule has 0 saturated carbocycles. The van der Waals surface area contributed by atoms with Crippen molar-refractivity contribution in [2.75, 3.05) is 24.2 Å². The number of anilines is 1. The van der Waals surface area contributed by atoms with E-state index in [2.05, 4.69) is 20.3 Å². The van der Waals surface area contributed by atoms with Gasteiger partial charge in [-0.25, -0.2) is 12.8 Å². The minimum absolute atomic E-state index is 0.0157. The van der Waals surface area contributed by atoms with E-state index in [1.807, 2.05) is 32.6 Å². The number of rotatable bonds is 6. The van der Waals surface area contributed by atoms with Gasteiger partial charge in [0, 0.05) is 30.3 Å². The van der Waals surface area contributed by atoms with Crippen LogP contribution < -0.4 is 4.90 Å². The quantitative estimate of drug-likeness (QED) is 0.502. The van der Waals surface area contributed by atoms with Gasteiger partial charge in [0.2, 0.25) is 5.82 Å². The number of halogens is 1. The number of ether oxygens (including phenoxy) is 1. The van der Waals surface area contributed by atoms with Gasteiger partial charge in [-0.2, -0.15) is 9.97 Å². The first-order valence-electron chi connectivity index (χ1n) is 11.0. The third kappa shape index (κ3) is 5.27. The summed E-state index contributed by atoms with van der Waals surface area (Å²) in [5, 5.41) is 7.97. The minimum Gasteiger partial charge on any atom is -0.365 e. The van der Waals surface area contributed by atoms with Crippen LogP contribution in [0.15, 0.2) is 32.1 Å². The maximum Gasteiger partial charge on any atom is 0.324 e. The average Bonchev–Trinajstić information content (AvgIpc) is 3.43. The van der Waals surface area contributed by atoms with Crippen molar-refractivity contribution in [2.45, 2.75) is 63.1 Å². The lowest BCUT2D eigenvalue weighted by molar-refractivity contribution is -0.0303. The smallest absolute Gasteiger partial charge is 0.324 e. The molecule has 1 unspecified atom stereocenters. The Kier molecular flexibility index (Phi) is 6.47. The van der Waals surface area contributed by atoms with Crippen molar-refractivity contribution >= 4 is 15.9 Å². The standard InChI is InChI=1S/C22H28FN5O5S/c1-13(19-24-18(26-32-19)14-6-7-17(16(23)12-14)34(5,29)30)31-15-8-10-28(11-9-15)21-25-20(27-33-21)22(2,3)4/h6-7,12-13,15H,8-11H2,1-5H3. The molecular formula is C22H28FN5O5S. The van der Waals surface area contributed by atoms with E-state index in [-0.39, 0.29) is 28.1 Å². The summed E-state index contributed by atoms with van der Waals surface area (Å²) < 4.78 is 54.3. The first-order chi connectivity index (χ1) is 15.9. The molecule has 0 N–H and O–H groups in total. The average molecular weight is 494 g/mol. The van der Waals surface area contributed by atoms with Gasteiger partial charge in [-0.3, -0.25) is 0 Å². The van der Waals surface area contributed by atoms with Gasteiger partial charge in [-0.15, -0.1) is 0 Å². The fourth-order valence-electron chi connectivity index (χ4n) is 3.64. The predicted molar refractivity (Wildman–Crippen MR) is 121 cm³/mol. The second-order valence-corrected chi connectivity index (χ2v) is 11.5. The molecule has 3 heterocycles. The molecule has 1 saturated heterocycles. The number of hydrogen-bond donors (Lipinski definition) is 0. The molecule has 0 aliphatic carbocycles. The molecular weight excluding hydrogens is 465 g/mol. The summed E-state index contributed by atoms with van der Waals surface area (Å²) in [5.74, 6) is 0.229. The molecule has 3 aromatic rings. The summed E-state index contributed by atoms with van der Waals surface area (Å²) in [6, 6.07) is 4.23. The van der Waals surface area contributed by atoms with Gasteiger partial charge in [0.1, 0.15) is 16.8 Å². The second kappa shape index (κ2) is 9.06. The molecule has 184 valence electrons. The highest BCUT2D eigenvalue weighted by atomic mass is 32.2. The third-order valence-electron chi connectivity index (χ3n) is 5.57. The van der Waals surface area contributed by atoms with Crippen LogP contribution in [0.4, 0.5) is 10.4 Å². The van der Waals surface area contributed by atoms with Crippen LogP contribution in [0.2, 0.25) is 0 Å². The Morgan fingerprint density at radius 2 is 1.85 bits per heavy atom. The lowest BCUT2D eigenvalue weighted by Gasteiger charge is -2.31. The highest BCUT2D eigenvalue weighted by molar-refractivity contribution is 7.90. The zero-order chi connectivity index (χ0) is 24.7. The molecule has 1 aliphatic heterocycles. The van der Waals surface area contributed by atoms with E-state index in [0.29, 0.717) is 30.5 Å². The number of nitrogens with zero attached hydrogens (tertiary/aromatic N) is 5. The Labute approximate surface area is 197 Å². The Hall–Kier alpha value is -2.86. The van der Waals surface area contributed by atoms with Crippen LogP contribution in [0.1, 0.15) is 58.4 Å². The molecule has 1 atom stereocenters. The van der Waals surface area contributed by atoms with Crippen LogP contribution in [0, 0.1) is 5.82 Å². The minimum atomic E-state index is -3.66. The Bertz CT molecular complexity index is 1260. The van der Waals surface area contributed by atoms with Crippen molar-refractivity contribution in [2.24, 2.45) is 0 Å². The van der Waals surface area contributed by atoms with Crippen molar-refractivity contribution in [3.8, 4) is 11.4 Å². The normalized spacial score (nSPS) is 16.7. The number of aromatic nitrogens is 4. The summed E-state index contributed by atoms with van der Waals surface area (Å²) in [4.78, 5) is 10.5. The Balaban J connectivity index is 1.35. The summed E-state index contributed by atoms with van der Waals surface area (Å²) >= 11 is 0. The lowest BCUT2D eigenvalue weighted by atomic mass is 9.96. The second-order valence-electron chi connectivity index (χ2n) is 9.49. The van der Waals surface area contributed by atoms with Crippen LogP contribution in [0.5, 0.6) is 0 Å². The monoisotopic (exact) mass is 493 g/mol. The fourth-order valence-corrected chi connectivity index (χ4v) is 4.37.